The molecule has 2 aliphatic heterocycles. The van der Waals surface area contributed by atoms with Gasteiger partial charge < -0.3 is 4.74 Å². The summed E-state index contributed by atoms with van der Waals surface area (Å²) in [6, 6.07) is 7.04. The number of carbonyl (C=O) groups is 2. The van der Waals surface area contributed by atoms with Gasteiger partial charge in [0.2, 0.25) is 0 Å². The van der Waals surface area contributed by atoms with Crippen LogP contribution in [0, 0.1) is 0 Å². The number of nitrogens with zero attached hydrogens (tertiary/aromatic N) is 2. The molecule has 118 valence electrons. The Morgan fingerprint density at radius 1 is 1.09 bits per heavy atom. The monoisotopic (exact) mass is 302 g/mol. The van der Waals surface area contributed by atoms with E-state index >= 15 is 0 Å². The zero-order chi connectivity index (χ0) is 15.7. The van der Waals surface area contributed by atoms with Crippen LogP contribution in [-0.4, -0.2) is 60.0 Å². The molecule has 0 aromatic heterocycles. The van der Waals surface area contributed by atoms with E-state index in [-0.39, 0.29) is 17.4 Å². The van der Waals surface area contributed by atoms with Crippen molar-refractivity contribution in [2.24, 2.45) is 0 Å². The number of imide groups is 1. The number of hydrogen-bond donors (Lipinski definition) is 0. The van der Waals surface area contributed by atoms with E-state index in [1.54, 1.807) is 24.3 Å². The van der Waals surface area contributed by atoms with Crippen LogP contribution in [0.4, 0.5) is 0 Å². The minimum Gasteiger partial charge on any atom is -0.378 e. The summed E-state index contributed by atoms with van der Waals surface area (Å²) in [4.78, 5) is 28.3. The number of carbonyl (C=O) groups excluding carboxylic acids is 2. The molecular weight excluding hydrogens is 280 g/mol. The first kappa shape index (κ1) is 15.2. The van der Waals surface area contributed by atoms with Gasteiger partial charge in [-0.1, -0.05) is 12.1 Å². The quantitative estimate of drug-likeness (QED) is 0.796. The van der Waals surface area contributed by atoms with Crippen molar-refractivity contribution in [3.8, 4) is 0 Å². The molecule has 0 aliphatic carbocycles. The second kappa shape index (κ2) is 5.82. The molecule has 22 heavy (non-hydrogen) atoms. The highest BCUT2D eigenvalue weighted by atomic mass is 16.5. The molecule has 0 radical (unpaired) electrons. The van der Waals surface area contributed by atoms with Gasteiger partial charge in [0.25, 0.3) is 11.8 Å². The second-order valence-electron chi connectivity index (χ2n) is 6.51. The maximum absolute atomic E-state index is 12.3. The van der Waals surface area contributed by atoms with Crippen molar-refractivity contribution in [1.82, 2.24) is 9.80 Å². The molecule has 0 unspecified atom stereocenters. The van der Waals surface area contributed by atoms with Crippen molar-refractivity contribution in [2.45, 2.75) is 25.8 Å². The third-order valence-electron chi connectivity index (χ3n) is 4.50. The fourth-order valence-corrected chi connectivity index (χ4v) is 3.17. The van der Waals surface area contributed by atoms with Crippen molar-refractivity contribution in [3.05, 3.63) is 35.4 Å². The van der Waals surface area contributed by atoms with Crippen molar-refractivity contribution >= 4 is 11.8 Å². The minimum absolute atomic E-state index is 0.0141. The highest BCUT2D eigenvalue weighted by molar-refractivity contribution is 6.21. The fraction of sp³-hybridized carbons (Fsp3) is 0.529. The van der Waals surface area contributed by atoms with Crippen molar-refractivity contribution < 1.29 is 14.3 Å². The molecule has 2 aliphatic rings. The van der Waals surface area contributed by atoms with Crippen LogP contribution < -0.4 is 0 Å². The van der Waals surface area contributed by atoms with E-state index in [0.29, 0.717) is 17.7 Å². The highest BCUT2D eigenvalue weighted by Gasteiger charge is 2.35. The SMILES string of the molecule is CC1(C)COCCN1CCCN1C(=O)c2ccccc2C1=O. The van der Waals surface area contributed by atoms with Gasteiger partial charge in [0.1, 0.15) is 0 Å². The molecule has 0 N–H and O–H groups in total. The zero-order valence-electron chi connectivity index (χ0n) is 13.2. The summed E-state index contributed by atoms with van der Waals surface area (Å²) >= 11 is 0. The van der Waals surface area contributed by atoms with Gasteiger partial charge in [-0.2, -0.15) is 0 Å². The molecule has 0 bridgehead atoms. The zero-order valence-corrected chi connectivity index (χ0v) is 13.2. The predicted octanol–water partition coefficient (Wildman–Crippen LogP) is 1.78. The molecule has 1 aromatic rings. The van der Waals surface area contributed by atoms with E-state index in [1.807, 2.05) is 0 Å². The summed E-state index contributed by atoms with van der Waals surface area (Å²) in [5.41, 5.74) is 1.07. The number of morpholine rings is 1. The van der Waals surface area contributed by atoms with Crippen LogP contribution in [0.3, 0.4) is 0 Å². The molecule has 1 aromatic carbocycles. The molecule has 2 heterocycles. The Bertz CT molecular complexity index is 562. The summed E-state index contributed by atoms with van der Waals surface area (Å²) in [6.07, 6.45) is 0.787. The average Bonchev–Trinajstić information content (AvgIpc) is 2.74. The largest absolute Gasteiger partial charge is 0.378 e. The van der Waals surface area contributed by atoms with E-state index in [4.69, 9.17) is 4.74 Å². The Balaban J connectivity index is 1.59. The Morgan fingerprint density at radius 2 is 1.73 bits per heavy atom. The number of rotatable bonds is 4. The van der Waals surface area contributed by atoms with Gasteiger partial charge in [-0.05, 0) is 32.4 Å². The van der Waals surface area contributed by atoms with Gasteiger partial charge in [-0.15, -0.1) is 0 Å². The van der Waals surface area contributed by atoms with E-state index in [2.05, 4.69) is 18.7 Å². The Hall–Kier alpha value is -1.72. The van der Waals surface area contributed by atoms with Crippen LogP contribution in [0.1, 0.15) is 41.0 Å². The summed E-state index contributed by atoms with van der Waals surface area (Å²) in [5, 5.41) is 0. The first-order chi connectivity index (χ1) is 10.5. The molecule has 5 nitrogen and oxygen atoms in total. The van der Waals surface area contributed by atoms with E-state index in [1.165, 1.54) is 4.90 Å². The van der Waals surface area contributed by atoms with Crippen molar-refractivity contribution in [1.29, 1.82) is 0 Å². The summed E-state index contributed by atoms with van der Waals surface area (Å²) in [5.74, 6) is -0.330. The van der Waals surface area contributed by atoms with Crippen LogP contribution in [0.25, 0.3) is 0 Å². The van der Waals surface area contributed by atoms with Gasteiger partial charge in [-0.25, -0.2) is 0 Å². The smallest absolute Gasteiger partial charge is 0.261 e. The normalized spacial score (nSPS) is 21.3. The highest BCUT2D eigenvalue weighted by Crippen LogP contribution is 2.23. The average molecular weight is 302 g/mol. The van der Waals surface area contributed by atoms with Crippen LogP contribution >= 0.6 is 0 Å². The number of amides is 2. The molecule has 2 amide bonds. The van der Waals surface area contributed by atoms with Crippen molar-refractivity contribution in [2.75, 3.05) is 32.8 Å². The van der Waals surface area contributed by atoms with E-state index < -0.39 is 0 Å². The van der Waals surface area contributed by atoms with Crippen LogP contribution in [0.2, 0.25) is 0 Å². The molecule has 0 atom stereocenters. The molecule has 5 heteroatoms. The van der Waals surface area contributed by atoms with Crippen LogP contribution in [0.15, 0.2) is 24.3 Å². The number of benzene rings is 1. The number of hydrogen-bond acceptors (Lipinski definition) is 4. The standard InChI is InChI=1S/C17H22N2O3/c1-17(2)12-22-11-10-18(17)8-5-9-19-15(20)13-6-3-4-7-14(13)16(19)21/h3-4,6-7H,5,8-12H2,1-2H3. The molecule has 1 fully saturated rings. The maximum Gasteiger partial charge on any atom is 0.261 e. The molecule has 0 saturated carbocycles. The Labute approximate surface area is 130 Å². The van der Waals surface area contributed by atoms with E-state index in [0.717, 1.165) is 32.7 Å². The van der Waals surface area contributed by atoms with Gasteiger partial charge >= 0.3 is 0 Å². The lowest BCUT2D eigenvalue weighted by Crippen LogP contribution is -2.53. The third kappa shape index (κ3) is 2.66. The topological polar surface area (TPSA) is 49.9 Å². The number of fused-ring (bicyclic) bond motifs is 1. The Kier molecular flexibility index (Phi) is 4.02. The number of ether oxygens (including phenoxy) is 1. The van der Waals surface area contributed by atoms with Crippen LogP contribution in [-0.2, 0) is 4.74 Å². The van der Waals surface area contributed by atoms with E-state index in [9.17, 15) is 9.59 Å². The van der Waals surface area contributed by atoms with Gasteiger partial charge in [0, 0.05) is 25.2 Å². The maximum atomic E-state index is 12.3. The second-order valence-corrected chi connectivity index (χ2v) is 6.51. The first-order valence-corrected chi connectivity index (χ1v) is 7.79. The lowest BCUT2D eigenvalue weighted by atomic mass is 10.0. The predicted molar refractivity (Wildman–Crippen MR) is 82.9 cm³/mol. The summed E-state index contributed by atoms with van der Waals surface area (Å²) in [6.45, 7) is 8.03. The third-order valence-corrected chi connectivity index (χ3v) is 4.50. The molecule has 0 spiro atoms. The van der Waals surface area contributed by atoms with Gasteiger partial charge in [0.05, 0.1) is 24.3 Å². The molecule has 3 rings (SSSR count). The summed E-state index contributed by atoms with van der Waals surface area (Å²) < 4.78 is 5.51. The molecule has 1 saturated heterocycles. The van der Waals surface area contributed by atoms with Gasteiger partial charge in [0.15, 0.2) is 0 Å². The van der Waals surface area contributed by atoms with Crippen LogP contribution in [0.5, 0.6) is 0 Å². The summed E-state index contributed by atoms with van der Waals surface area (Å²) in [7, 11) is 0. The van der Waals surface area contributed by atoms with Gasteiger partial charge in [-0.3, -0.25) is 19.4 Å². The molecular formula is C17H22N2O3. The first-order valence-electron chi connectivity index (χ1n) is 7.79. The lowest BCUT2D eigenvalue weighted by Gasteiger charge is -2.42. The lowest BCUT2D eigenvalue weighted by molar-refractivity contribution is -0.0515. The van der Waals surface area contributed by atoms with Crippen molar-refractivity contribution in [3.63, 3.8) is 0 Å². The fourth-order valence-electron chi connectivity index (χ4n) is 3.17. The Morgan fingerprint density at radius 3 is 2.32 bits per heavy atom. The minimum atomic E-state index is -0.165.